The van der Waals surface area contributed by atoms with Gasteiger partial charge in [-0.15, -0.1) is 0 Å². The van der Waals surface area contributed by atoms with E-state index in [4.69, 9.17) is 0 Å². The summed E-state index contributed by atoms with van der Waals surface area (Å²) in [6.07, 6.45) is 0. The van der Waals surface area contributed by atoms with Crippen LogP contribution in [0.3, 0.4) is 0 Å². The van der Waals surface area contributed by atoms with Crippen molar-refractivity contribution >= 4 is 27.3 Å². The lowest BCUT2D eigenvalue weighted by Gasteiger charge is -2.50. The molecule has 1 aliphatic heterocycles. The van der Waals surface area contributed by atoms with E-state index in [0.717, 1.165) is 0 Å². The van der Waals surface area contributed by atoms with E-state index in [1.54, 1.807) is 21.5 Å². The zero-order valence-electron chi connectivity index (χ0n) is 15.2. The smallest absolute Gasteiger partial charge is 0.0654 e. The summed E-state index contributed by atoms with van der Waals surface area (Å²) in [5.41, 5.74) is 5.99. The van der Waals surface area contributed by atoms with E-state index in [9.17, 15) is 0 Å². The van der Waals surface area contributed by atoms with Crippen molar-refractivity contribution in [1.29, 1.82) is 0 Å². The van der Waals surface area contributed by atoms with Gasteiger partial charge in [-0.05, 0) is 22.3 Å². The van der Waals surface area contributed by atoms with E-state index in [-0.39, 0.29) is 0 Å². The fourth-order valence-corrected chi connectivity index (χ4v) is 15.5. The quantitative estimate of drug-likeness (QED) is 0.551. The minimum absolute atomic E-state index is 1.32. The second-order valence-electron chi connectivity index (χ2n) is 8.50. The first-order valence-electron chi connectivity index (χ1n) is 9.03. The molecular formula is C22H26Si2. The summed E-state index contributed by atoms with van der Waals surface area (Å²) >= 11 is 0. The molecule has 122 valence electrons. The van der Waals surface area contributed by atoms with Crippen LogP contribution in [0.2, 0.25) is 38.3 Å². The van der Waals surface area contributed by atoms with Crippen molar-refractivity contribution in [3.8, 4) is 0 Å². The largest absolute Gasteiger partial charge is 0.0810 e. The van der Waals surface area contributed by atoms with Gasteiger partial charge in [0, 0.05) is 0 Å². The highest BCUT2D eigenvalue weighted by atomic mass is 28.3. The predicted octanol–water partition coefficient (Wildman–Crippen LogP) is 6.42. The second-order valence-corrected chi connectivity index (χ2v) is 18.0. The lowest BCUT2D eigenvalue weighted by atomic mass is 9.86. The minimum atomic E-state index is -1.32. The van der Waals surface area contributed by atoms with Gasteiger partial charge in [0.05, 0.1) is 16.1 Å². The average Bonchev–Trinajstić information content (AvgIpc) is 2.53. The van der Waals surface area contributed by atoms with Crippen molar-refractivity contribution < 1.29 is 0 Å². The summed E-state index contributed by atoms with van der Waals surface area (Å²) in [6.45, 7) is 10.3. The summed E-state index contributed by atoms with van der Waals surface area (Å²) in [5.74, 6) is 0. The van der Waals surface area contributed by atoms with Crippen molar-refractivity contribution in [2.24, 2.45) is 0 Å². The zero-order chi connectivity index (χ0) is 16.9. The van der Waals surface area contributed by atoms with Gasteiger partial charge in [-0.2, -0.15) is 0 Å². The van der Waals surface area contributed by atoms with Crippen LogP contribution in [0.15, 0.2) is 71.1 Å². The lowest BCUT2D eigenvalue weighted by Crippen LogP contribution is -2.48. The van der Waals surface area contributed by atoms with Crippen molar-refractivity contribution in [2.45, 2.75) is 38.3 Å². The lowest BCUT2D eigenvalue weighted by molar-refractivity contribution is 1.23. The number of rotatable bonds is 2. The maximum Gasteiger partial charge on any atom is 0.0810 e. The molecule has 0 radical (unpaired) electrons. The minimum Gasteiger partial charge on any atom is -0.0654 e. The molecule has 0 N–H and O–H groups in total. The zero-order valence-corrected chi connectivity index (χ0v) is 17.2. The topological polar surface area (TPSA) is 0 Å². The van der Waals surface area contributed by atoms with Crippen LogP contribution in [0.1, 0.15) is 11.1 Å². The Morgan fingerprint density at radius 1 is 0.542 bits per heavy atom. The molecule has 0 nitrogen and oxygen atoms in total. The Morgan fingerprint density at radius 3 is 1.21 bits per heavy atom. The second kappa shape index (κ2) is 5.43. The predicted molar refractivity (Wildman–Crippen MR) is 111 cm³/mol. The Bertz CT molecular complexity index is 769. The molecule has 0 saturated heterocycles. The molecular weight excluding hydrogens is 320 g/mol. The molecule has 24 heavy (non-hydrogen) atoms. The van der Waals surface area contributed by atoms with E-state index < -0.39 is 16.1 Å². The normalized spacial score (nSPS) is 21.3. The van der Waals surface area contributed by atoms with Gasteiger partial charge in [-0.3, -0.25) is 0 Å². The maximum atomic E-state index is 2.58. The Labute approximate surface area is 148 Å². The van der Waals surface area contributed by atoms with Crippen LogP contribution >= 0.6 is 0 Å². The molecule has 0 bridgehead atoms. The van der Waals surface area contributed by atoms with Gasteiger partial charge in [-0.1, -0.05) is 109 Å². The first-order valence-corrected chi connectivity index (χ1v) is 15.4. The SMILES string of the molecule is C[Si]1(C)CC[Si](C)(C)C2=C1C(c1ccccc1)=C2c1ccccc1. The van der Waals surface area contributed by atoms with Gasteiger partial charge in [0.15, 0.2) is 0 Å². The standard InChI is InChI=1S/C22H26Si2/c1-23(2)15-16-24(3,4)22-20(18-13-9-6-10-14-18)19(21(22)23)17-11-7-5-8-12-17/h5-14H,15-16H2,1-4H3. The molecule has 0 unspecified atom stereocenters. The van der Waals surface area contributed by atoms with Crippen molar-refractivity contribution in [1.82, 2.24) is 0 Å². The third-order valence-corrected chi connectivity index (χ3v) is 13.3. The molecule has 0 aromatic heterocycles. The summed E-state index contributed by atoms with van der Waals surface area (Å²) < 4.78 is 0. The summed E-state index contributed by atoms with van der Waals surface area (Å²) in [7, 11) is -2.65. The first kappa shape index (κ1) is 15.9. The highest BCUT2D eigenvalue weighted by Gasteiger charge is 2.49. The Kier molecular flexibility index (Phi) is 3.59. The van der Waals surface area contributed by atoms with Crippen LogP contribution in [0.4, 0.5) is 0 Å². The highest BCUT2D eigenvalue weighted by Crippen LogP contribution is 2.58. The van der Waals surface area contributed by atoms with Crippen molar-refractivity contribution in [3.63, 3.8) is 0 Å². The average molecular weight is 347 g/mol. The fourth-order valence-electron chi connectivity index (χ4n) is 4.45. The molecule has 0 fully saturated rings. The maximum absolute atomic E-state index is 2.58. The van der Waals surface area contributed by atoms with Crippen LogP contribution in [0.25, 0.3) is 11.1 Å². The molecule has 1 heterocycles. The van der Waals surface area contributed by atoms with E-state index in [2.05, 4.69) is 86.9 Å². The van der Waals surface area contributed by atoms with E-state index in [1.165, 1.54) is 23.2 Å². The van der Waals surface area contributed by atoms with Gasteiger partial charge in [0.2, 0.25) is 0 Å². The molecule has 2 aromatic carbocycles. The number of hydrogen-bond donors (Lipinski definition) is 0. The van der Waals surface area contributed by atoms with Crippen molar-refractivity contribution in [2.75, 3.05) is 0 Å². The van der Waals surface area contributed by atoms with Crippen molar-refractivity contribution in [3.05, 3.63) is 82.2 Å². The molecule has 2 aromatic rings. The molecule has 0 atom stereocenters. The Hall–Kier alpha value is -1.65. The van der Waals surface area contributed by atoms with Crippen LogP contribution in [-0.2, 0) is 0 Å². The van der Waals surface area contributed by atoms with Crippen LogP contribution in [0.5, 0.6) is 0 Å². The number of hydrogen-bond acceptors (Lipinski definition) is 0. The molecule has 0 saturated carbocycles. The van der Waals surface area contributed by atoms with E-state index in [1.807, 2.05) is 0 Å². The highest BCUT2D eigenvalue weighted by molar-refractivity contribution is 6.99. The van der Waals surface area contributed by atoms with Crippen LogP contribution in [-0.4, -0.2) is 16.1 Å². The molecule has 0 spiro atoms. The van der Waals surface area contributed by atoms with Crippen LogP contribution in [0, 0.1) is 0 Å². The van der Waals surface area contributed by atoms with E-state index in [0.29, 0.717) is 0 Å². The third-order valence-electron chi connectivity index (χ3n) is 5.85. The molecule has 2 aliphatic rings. The third kappa shape index (κ3) is 2.32. The van der Waals surface area contributed by atoms with Gasteiger partial charge >= 0.3 is 0 Å². The Balaban J connectivity index is 1.98. The first-order chi connectivity index (χ1) is 11.4. The summed E-state index contributed by atoms with van der Waals surface area (Å²) in [4.78, 5) is 0. The summed E-state index contributed by atoms with van der Waals surface area (Å²) in [5, 5.41) is 3.60. The van der Waals surface area contributed by atoms with E-state index >= 15 is 0 Å². The summed E-state index contributed by atoms with van der Waals surface area (Å²) in [6, 6.07) is 25.1. The monoisotopic (exact) mass is 346 g/mol. The number of benzene rings is 2. The molecule has 0 amide bonds. The van der Waals surface area contributed by atoms with Crippen LogP contribution < -0.4 is 0 Å². The molecule has 2 heteroatoms. The van der Waals surface area contributed by atoms with Gasteiger partial charge in [0.1, 0.15) is 0 Å². The molecule has 4 rings (SSSR count). The fraction of sp³-hybridized carbons (Fsp3) is 0.273. The number of allylic oxidation sites excluding steroid dienone is 4. The van der Waals surface area contributed by atoms with Gasteiger partial charge in [-0.25, -0.2) is 0 Å². The molecule has 1 aliphatic carbocycles. The Morgan fingerprint density at radius 2 is 0.875 bits per heavy atom. The van der Waals surface area contributed by atoms with Gasteiger partial charge in [0.25, 0.3) is 0 Å². The van der Waals surface area contributed by atoms with Gasteiger partial charge < -0.3 is 0 Å².